The molecule has 0 bridgehead atoms. The van der Waals surface area contributed by atoms with E-state index in [1.54, 1.807) is 6.07 Å². The third-order valence-electron chi connectivity index (χ3n) is 5.51. The van der Waals surface area contributed by atoms with Crippen LogP contribution in [0.3, 0.4) is 0 Å². The van der Waals surface area contributed by atoms with Gasteiger partial charge in [0.25, 0.3) is 0 Å². The monoisotopic (exact) mass is 382 g/mol. The van der Waals surface area contributed by atoms with Crippen molar-refractivity contribution in [1.82, 2.24) is 0 Å². The van der Waals surface area contributed by atoms with E-state index < -0.39 is 0 Å². The summed E-state index contributed by atoms with van der Waals surface area (Å²) in [5, 5.41) is 0. The Morgan fingerprint density at radius 3 is 2.04 bits per heavy atom. The standard InChI is InChI=1S/C22H20BrF/c1-13-11-19-17(5-3-7-21(19)23)15(13)9-10-16-14(2)12-20-18(16)6-4-8-22(20)24/h3-8,11-12,15-16H,9-10H2,1-2H3. The van der Waals surface area contributed by atoms with Gasteiger partial charge in [-0.1, -0.05) is 63.5 Å². The fourth-order valence-corrected chi connectivity index (χ4v) is 4.76. The Morgan fingerprint density at radius 1 is 0.833 bits per heavy atom. The van der Waals surface area contributed by atoms with Crippen LogP contribution < -0.4 is 0 Å². The molecule has 2 heteroatoms. The minimum atomic E-state index is -0.0967. The molecule has 4 rings (SSSR count). The molecule has 0 heterocycles. The molecule has 2 aromatic rings. The van der Waals surface area contributed by atoms with Crippen LogP contribution in [-0.4, -0.2) is 0 Å². The van der Waals surface area contributed by atoms with Crippen molar-refractivity contribution in [2.24, 2.45) is 0 Å². The fraction of sp³-hybridized carbons (Fsp3) is 0.273. The van der Waals surface area contributed by atoms with E-state index in [-0.39, 0.29) is 5.82 Å². The number of hydrogen-bond acceptors (Lipinski definition) is 0. The van der Waals surface area contributed by atoms with Crippen molar-refractivity contribution in [2.75, 3.05) is 0 Å². The number of benzene rings is 2. The molecule has 0 saturated carbocycles. The number of fused-ring (bicyclic) bond motifs is 2. The third kappa shape index (κ3) is 2.48. The minimum absolute atomic E-state index is 0.0967. The lowest BCUT2D eigenvalue weighted by Crippen LogP contribution is -2.03. The smallest absolute Gasteiger partial charge is 0.130 e. The molecular formula is C22H20BrF. The van der Waals surface area contributed by atoms with E-state index in [0.717, 1.165) is 24.0 Å². The predicted molar refractivity (Wildman–Crippen MR) is 103 cm³/mol. The quantitative estimate of drug-likeness (QED) is 0.532. The molecular weight excluding hydrogens is 363 g/mol. The zero-order valence-corrected chi connectivity index (χ0v) is 15.5. The largest absolute Gasteiger partial charge is 0.206 e. The van der Waals surface area contributed by atoms with Crippen molar-refractivity contribution in [3.8, 4) is 0 Å². The molecule has 0 aliphatic heterocycles. The molecule has 0 N–H and O–H groups in total. The van der Waals surface area contributed by atoms with Crippen LogP contribution in [0.1, 0.15) is 60.8 Å². The maximum Gasteiger partial charge on any atom is 0.130 e. The summed E-state index contributed by atoms with van der Waals surface area (Å²) in [6, 6.07) is 11.9. The molecule has 122 valence electrons. The van der Waals surface area contributed by atoms with Crippen molar-refractivity contribution in [3.63, 3.8) is 0 Å². The second kappa shape index (κ2) is 6.00. The van der Waals surface area contributed by atoms with E-state index in [2.05, 4.69) is 60.1 Å². The molecule has 0 spiro atoms. The van der Waals surface area contributed by atoms with Crippen LogP contribution in [0.25, 0.3) is 12.2 Å². The summed E-state index contributed by atoms with van der Waals surface area (Å²) < 4.78 is 15.2. The van der Waals surface area contributed by atoms with Crippen molar-refractivity contribution in [3.05, 3.63) is 80.1 Å². The van der Waals surface area contributed by atoms with Crippen LogP contribution in [0, 0.1) is 5.82 Å². The summed E-state index contributed by atoms with van der Waals surface area (Å²) in [6.45, 7) is 4.36. The van der Waals surface area contributed by atoms with Crippen molar-refractivity contribution in [1.29, 1.82) is 0 Å². The van der Waals surface area contributed by atoms with Gasteiger partial charge in [-0.2, -0.15) is 0 Å². The molecule has 0 saturated heterocycles. The lowest BCUT2D eigenvalue weighted by molar-refractivity contribution is 0.601. The van der Waals surface area contributed by atoms with Gasteiger partial charge in [-0.15, -0.1) is 0 Å². The van der Waals surface area contributed by atoms with Crippen LogP contribution in [0.4, 0.5) is 4.39 Å². The average molecular weight is 383 g/mol. The Hall–Kier alpha value is -1.67. The molecule has 2 unspecified atom stereocenters. The van der Waals surface area contributed by atoms with E-state index in [0.29, 0.717) is 11.8 Å². The summed E-state index contributed by atoms with van der Waals surface area (Å²) in [4.78, 5) is 0. The average Bonchev–Trinajstić information content (AvgIpc) is 3.04. The fourth-order valence-electron chi connectivity index (χ4n) is 4.27. The second-order valence-corrected chi connectivity index (χ2v) is 7.80. The van der Waals surface area contributed by atoms with Crippen LogP contribution in [0.2, 0.25) is 0 Å². The number of rotatable bonds is 3. The second-order valence-electron chi connectivity index (χ2n) is 6.94. The first-order chi connectivity index (χ1) is 11.6. The van der Waals surface area contributed by atoms with Gasteiger partial charge in [0.05, 0.1) is 0 Å². The van der Waals surface area contributed by atoms with Gasteiger partial charge in [0, 0.05) is 21.9 Å². The maximum atomic E-state index is 14.0. The normalized spacial score (nSPS) is 21.3. The summed E-state index contributed by atoms with van der Waals surface area (Å²) in [5.41, 5.74) is 7.40. The predicted octanol–water partition coefficient (Wildman–Crippen LogP) is 7.07. The van der Waals surface area contributed by atoms with Crippen molar-refractivity contribution >= 4 is 28.1 Å². The number of halogens is 2. The molecule has 2 aliphatic carbocycles. The molecule has 0 radical (unpaired) electrons. The van der Waals surface area contributed by atoms with Gasteiger partial charge in [0.2, 0.25) is 0 Å². The van der Waals surface area contributed by atoms with Gasteiger partial charge in [-0.3, -0.25) is 0 Å². The zero-order valence-electron chi connectivity index (χ0n) is 13.9. The van der Waals surface area contributed by atoms with Gasteiger partial charge < -0.3 is 0 Å². The summed E-state index contributed by atoms with van der Waals surface area (Å²) in [5.74, 6) is 0.725. The highest BCUT2D eigenvalue weighted by molar-refractivity contribution is 9.10. The molecule has 24 heavy (non-hydrogen) atoms. The Balaban J connectivity index is 1.58. The first-order valence-corrected chi connectivity index (χ1v) is 9.28. The van der Waals surface area contributed by atoms with E-state index in [9.17, 15) is 4.39 Å². The van der Waals surface area contributed by atoms with Gasteiger partial charge >= 0.3 is 0 Å². The molecule has 2 aromatic carbocycles. The molecule has 0 aromatic heterocycles. The van der Waals surface area contributed by atoms with Gasteiger partial charge in [-0.25, -0.2) is 4.39 Å². The lowest BCUT2D eigenvalue weighted by Gasteiger charge is -2.20. The molecule has 0 nitrogen and oxygen atoms in total. The Morgan fingerprint density at radius 2 is 1.38 bits per heavy atom. The maximum absolute atomic E-state index is 14.0. The van der Waals surface area contributed by atoms with Gasteiger partial charge in [-0.05, 0) is 55.5 Å². The molecule has 2 aliphatic rings. The molecule has 0 amide bonds. The first kappa shape index (κ1) is 15.8. The molecule has 0 fully saturated rings. The Bertz CT molecular complexity index is 802. The number of allylic oxidation sites excluding steroid dienone is 2. The van der Waals surface area contributed by atoms with Crippen LogP contribution in [0.15, 0.2) is 52.0 Å². The van der Waals surface area contributed by atoms with Crippen molar-refractivity contribution in [2.45, 2.75) is 38.5 Å². The van der Waals surface area contributed by atoms with Crippen LogP contribution >= 0.6 is 15.9 Å². The van der Waals surface area contributed by atoms with E-state index in [4.69, 9.17) is 0 Å². The summed E-state index contributed by atoms with van der Waals surface area (Å²) in [6.07, 6.45) is 6.48. The summed E-state index contributed by atoms with van der Waals surface area (Å²) >= 11 is 3.66. The number of hydrogen-bond donors (Lipinski definition) is 0. The van der Waals surface area contributed by atoms with E-state index in [1.165, 1.54) is 26.7 Å². The third-order valence-corrected chi connectivity index (χ3v) is 6.20. The topological polar surface area (TPSA) is 0 Å². The van der Waals surface area contributed by atoms with E-state index in [1.807, 2.05) is 12.1 Å². The van der Waals surface area contributed by atoms with Crippen LogP contribution in [0.5, 0.6) is 0 Å². The van der Waals surface area contributed by atoms with Gasteiger partial charge in [0.1, 0.15) is 5.82 Å². The van der Waals surface area contributed by atoms with Gasteiger partial charge in [0.15, 0.2) is 0 Å². The van der Waals surface area contributed by atoms with Crippen molar-refractivity contribution < 1.29 is 4.39 Å². The van der Waals surface area contributed by atoms with E-state index >= 15 is 0 Å². The highest BCUT2D eigenvalue weighted by Gasteiger charge is 2.28. The lowest BCUT2D eigenvalue weighted by atomic mass is 9.85. The summed E-state index contributed by atoms with van der Waals surface area (Å²) in [7, 11) is 0. The highest BCUT2D eigenvalue weighted by atomic mass is 79.9. The Kier molecular flexibility index (Phi) is 3.96. The van der Waals surface area contributed by atoms with Crippen LogP contribution in [-0.2, 0) is 0 Å². The first-order valence-electron chi connectivity index (χ1n) is 8.49. The Labute approximate surface area is 151 Å². The zero-order chi connectivity index (χ0) is 16.8. The minimum Gasteiger partial charge on any atom is -0.206 e. The highest BCUT2D eigenvalue weighted by Crippen LogP contribution is 2.46. The molecule has 2 atom stereocenters. The SMILES string of the molecule is CC1=Cc2c(F)cccc2C1CCC1C(C)=Cc2c(Br)cccc21.